The van der Waals surface area contributed by atoms with Gasteiger partial charge < -0.3 is 4.74 Å². The van der Waals surface area contributed by atoms with E-state index in [2.05, 4.69) is 15.9 Å². The number of hydrogen-bond acceptors (Lipinski definition) is 3. The molecular weight excluding hydrogens is 366 g/mol. The van der Waals surface area contributed by atoms with Crippen molar-refractivity contribution in [2.75, 3.05) is 20.3 Å². The number of rotatable bonds is 7. The molecule has 0 N–H and O–H groups in total. The van der Waals surface area contributed by atoms with Crippen LogP contribution in [-0.2, 0) is 20.6 Å². The Hall–Kier alpha value is -0.140. The van der Waals surface area contributed by atoms with Gasteiger partial charge in [-0.25, -0.2) is 8.42 Å². The normalized spacial score (nSPS) is 15.8. The predicted molar refractivity (Wildman–Crippen MR) is 82.5 cm³/mol. The van der Waals surface area contributed by atoms with Gasteiger partial charge in [-0.2, -0.15) is 4.31 Å². The van der Waals surface area contributed by atoms with Crippen LogP contribution in [0.1, 0.15) is 18.4 Å². The summed E-state index contributed by atoms with van der Waals surface area (Å²) in [6.45, 7) is 0.767. The van der Waals surface area contributed by atoms with Gasteiger partial charge in [0, 0.05) is 30.0 Å². The van der Waals surface area contributed by atoms with Gasteiger partial charge in [0.2, 0.25) is 10.0 Å². The fourth-order valence-electron chi connectivity index (χ4n) is 2.00. The summed E-state index contributed by atoms with van der Waals surface area (Å²) in [5.41, 5.74) is 0.788. The van der Waals surface area contributed by atoms with E-state index in [1.54, 1.807) is 19.2 Å². The van der Waals surface area contributed by atoms with Crippen molar-refractivity contribution in [1.29, 1.82) is 0 Å². The van der Waals surface area contributed by atoms with Crippen molar-refractivity contribution in [1.82, 2.24) is 4.31 Å². The lowest BCUT2D eigenvalue weighted by atomic mass is 10.2. The summed E-state index contributed by atoms with van der Waals surface area (Å²) in [6, 6.07) is 5.27. The molecule has 0 aromatic heterocycles. The molecule has 1 aliphatic carbocycles. The average molecular weight is 383 g/mol. The average Bonchev–Trinajstić information content (AvgIpc) is 3.24. The number of halogens is 2. The van der Waals surface area contributed by atoms with Crippen LogP contribution in [0.2, 0.25) is 0 Å². The van der Waals surface area contributed by atoms with Gasteiger partial charge in [-0.3, -0.25) is 0 Å². The number of benzene rings is 1. The molecule has 0 bridgehead atoms. The Kier molecular flexibility index (Phi) is 5.48. The van der Waals surface area contributed by atoms with E-state index in [1.165, 1.54) is 4.31 Å². The van der Waals surface area contributed by atoms with Crippen LogP contribution >= 0.6 is 27.5 Å². The van der Waals surface area contributed by atoms with Gasteiger partial charge >= 0.3 is 0 Å². The SMILES string of the molecule is COCCN(C1CC1)S(=O)(=O)c1cc(CCl)ccc1Br. The van der Waals surface area contributed by atoms with Crippen molar-refractivity contribution in [2.45, 2.75) is 29.7 Å². The van der Waals surface area contributed by atoms with Gasteiger partial charge in [-0.1, -0.05) is 6.07 Å². The van der Waals surface area contributed by atoms with Gasteiger partial charge in [-0.15, -0.1) is 11.6 Å². The number of sulfonamides is 1. The minimum absolute atomic E-state index is 0.0988. The lowest BCUT2D eigenvalue weighted by Crippen LogP contribution is -2.36. The molecule has 0 saturated heterocycles. The number of hydrogen-bond donors (Lipinski definition) is 0. The Labute approximate surface area is 133 Å². The van der Waals surface area contributed by atoms with Crippen molar-refractivity contribution in [3.63, 3.8) is 0 Å². The smallest absolute Gasteiger partial charge is 0.244 e. The first kappa shape index (κ1) is 16.2. The summed E-state index contributed by atoms with van der Waals surface area (Å²) >= 11 is 9.12. The highest BCUT2D eigenvalue weighted by atomic mass is 79.9. The van der Waals surface area contributed by atoms with Gasteiger partial charge in [0.1, 0.15) is 0 Å². The van der Waals surface area contributed by atoms with E-state index in [1.807, 2.05) is 6.07 Å². The first-order valence-corrected chi connectivity index (χ1v) is 9.12. The fourth-order valence-corrected chi connectivity index (χ4v) is 4.81. The fraction of sp³-hybridized carbons (Fsp3) is 0.538. The van der Waals surface area contributed by atoms with Crippen molar-refractivity contribution in [2.24, 2.45) is 0 Å². The van der Waals surface area contributed by atoms with Crippen LogP contribution in [0.15, 0.2) is 27.6 Å². The molecule has 2 rings (SSSR count). The zero-order valence-electron chi connectivity index (χ0n) is 11.2. The maximum Gasteiger partial charge on any atom is 0.244 e. The lowest BCUT2D eigenvalue weighted by molar-refractivity contribution is 0.177. The molecule has 0 aliphatic heterocycles. The number of nitrogens with zero attached hydrogens (tertiary/aromatic N) is 1. The number of methoxy groups -OCH3 is 1. The van der Waals surface area contributed by atoms with Gasteiger partial charge in [0.15, 0.2) is 0 Å². The molecule has 4 nitrogen and oxygen atoms in total. The second kappa shape index (κ2) is 6.75. The van der Waals surface area contributed by atoms with Crippen LogP contribution in [0.3, 0.4) is 0 Å². The van der Waals surface area contributed by atoms with Gasteiger partial charge in [0.25, 0.3) is 0 Å². The molecule has 20 heavy (non-hydrogen) atoms. The summed E-state index contributed by atoms with van der Waals surface area (Å²) in [5, 5.41) is 0. The summed E-state index contributed by atoms with van der Waals surface area (Å²) < 4.78 is 32.7. The third kappa shape index (κ3) is 3.54. The van der Waals surface area contributed by atoms with E-state index < -0.39 is 10.0 Å². The highest BCUT2D eigenvalue weighted by Gasteiger charge is 2.38. The largest absolute Gasteiger partial charge is 0.383 e. The minimum atomic E-state index is -3.53. The Morgan fingerprint density at radius 1 is 1.45 bits per heavy atom. The molecule has 0 atom stereocenters. The second-order valence-electron chi connectivity index (χ2n) is 4.74. The van der Waals surface area contributed by atoms with Crippen LogP contribution < -0.4 is 0 Å². The summed E-state index contributed by atoms with van der Waals surface area (Å²) in [7, 11) is -1.95. The molecular formula is C13H17BrClNO3S. The van der Waals surface area contributed by atoms with Crippen LogP contribution in [0.5, 0.6) is 0 Å². The van der Waals surface area contributed by atoms with E-state index in [9.17, 15) is 8.42 Å². The maximum absolute atomic E-state index is 12.8. The van der Waals surface area contributed by atoms with Crippen LogP contribution in [0, 0.1) is 0 Å². The maximum atomic E-state index is 12.8. The highest BCUT2D eigenvalue weighted by molar-refractivity contribution is 9.10. The molecule has 1 saturated carbocycles. The molecule has 0 spiro atoms. The first-order valence-electron chi connectivity index (χ1n) is 6.36. The molecule has 7 heteroatoms. The minimum Gasteiger partial charge on any atom is -0.383 e. The molecule has 1 aromatic carbocycles. The molecule has 0 unspecified atom stereocenters. The Morgan fingerprint density at radius 2 is 2.15 bits per heavy atom. The van der Waals surface area contributed by atoms with Crippen molar-refractivity contribution >= 4 is 37.6 Å². The van der Waals surface area contributed by atoms with Crippen LogP contribution in [0.25, 0.3) is 0 Å². The Morgan fingerprint density at radius 3 is 2.70 bits per heavy atom. The Bertz CT molecular complexity index is 575. The predicted octanol–water partition coefficient (Wildman–Crippen LogP) is 2.99. The molecule has 1 aliphatic rings. The van der Waals surface area contributed by atoms with E-state index in [0.29, 0.717) is 17.6 Å². The van der Waals surface area contributed by atoms with Crippen molar-refractivity contribution in [3.8, 4) is 0 Å². The van der Waals surface area contributed by atoms with Crippen molar-refractivity contribution in [3.05, 3.63) is 28.2 Å². The zero-order chi connectivity index (χ0) is 14.8. The first-order chi connectivity index (χ1) is 9.50. The highest BCUT2D eigenvalue weighted by Crippen LogP contribution is 2.34. The molecule has 0 heterocycles. The lowest BCUT2D eigenvalue weighted by Gasteiger charge is -2.22. The third-order valence-corrected chi connectivity index (χ3v) is 6.46. The molecule has 1 fully saturated rings. The topological polar surface area (TPSA) is 46.6 Å². The van der Waals surface area contributed by atoms with E-state index in [4.69, 9.17) is 16.3 Å². The molecule has 0 amide bonds. The number of alkyl halides is 1. The van der Waals surface area contributed by atoms with Gasteiger partial charge in [0.05, 0.1) is 11.5 Å². The summed E-state index contributed by atoms with van der Waals surface area (Å²) in [5.74, 6) is 0.289. The van der Waals surface area contributed by atoms with E-state index in [-0.39, 0.29) is 16.8 Å². The molecule has 1 aromatic rings. The Balaban J connectivity index is 2.36. The monoisotopic (exact) mass is 381 g/mol. The summed E-state index contributed by atoms with van der Waals surface area (Å²) in [4.78, 5) is 0.277. The zero-order valence-corrected chi connectivity index (χ0v) is 14.3. The second-order valence-corrected chi connectivity index (χ2v) is 7.72. The molecule has 112 valence electrons. The number of ether oxygens (including phenoxy) is 1. The van der Waals surface area contributed by atoms with Crippen molar-refractivity contribution < 1.29 is 13.2 Å². The van der Waals surface area contributed by atoms with Gasteiger partial charge in [-0.05, 0) is 46.5 Å². The quantitative estimate of drug-likeness (QED) is 0.681. The van der Waals surface area contributed by atoms with E-state index in [0.717, 1.165) is 18.4 Å². The van der Waals surface area contributed by atoms with Crippen LogP contribution in [-0.4, -0.2) is 39.0 Å². The van der Waals surface area contributed by atoms with E-state index >= 15 is 0 Å². The summed E-state index contributed by atoms with van der Waals surface area (Å²) in [6.07, 6.45) is 1.82. The third-order valence-electron chi connectivity index (χ3n) is 3.21. The standard InChI is InChI=1S/C13H17BrClNO3S/c1-19-7-6-16(11-3-4-11)20(17,18)13-8-10(9-15)2-5-12(13)14/h2,5,8,11H,3-4,6-7,9H2,1H3. The molecule has 0 radical (unpaired) electrons. The van der Waals surface area contributed by atoms with Crippen LogP contribution in [0.4, 0.5) is 0 Å².